The average Bonchev–Trinajstić information content (AvgIpc) is 1.94. The van der Waals surface area contributed by atoms with Gasteiger partial charge in [-0.2, -0.15) is 0 Å². The molecule has 0 radical (unpaired) electrons. The van der Waals surface area contributed by atoms with Crippen LogP contribution >= 0.6 is 12.2 Å². The molecular weight excluding hydrogens is 222 g/mol. The molecule has 16 heavy (non-hydrogen) atoms. The molecule has 1 amide bonds. The molecule has 0 aliphatic heterocycles. The Balaban J connectivity index is 4.83. The number of nitrogens with one attached hydrogen (secondary N) is 2. The minimum Gasteiger partial charge on any atom is -0.376 e. The summed E-state index contributed by atoms with van der Waals surface area (Å²) in [6.07, 6.45) is 0. The van der Waals surface area contributed by atoms with Gasteiger partial charge in [-0.25, -0.2) is 0 Å². The van der Waals surface area contributed by atoms with Crippen molar-refractivity contribution in [2.75, 3.05) is 0 Å². The number of hydrogen-bond acceptors (Lipinski definition) is 3. The lowest BCUT2D eigenvalue weighted by Gasteiger charge is -2.35. The SMILES string of the molecule is CC(C)(C)NC(C(=O)NC(N)=S)C(C)(C)C. The zero-order valence-corrected chi connectivity index (χ0v) is 11.8. The summed E-state index contributed by atoms with van der Waals surface area (Å²) in [7, 11) is 0. The number of nitrogens with two attached hydrogens (primary N) is 1. The van der Waals surface area contributed by atoms with Gasteiger partial charge in [0.25, 0.3) is 0 Å². The number of amides is 1. The first-order valence-corrected chi connectivity index (χ1v) is 5.72. The summed E-state index contributed by atoms with van der Waals surface area (Å²) >= 11 is 4.67. The molecule has 4 N–H and O–H groups in total. The van der Waals surface area contributed by atoms with E-state index in [1.165, 1.54) is 0 Å². The van der Waals surface area contributed by atoms with Gasteiger partial charge in [0, 0.05) is 5.54 Å². The van der Waals surface area contributed by atoms with E-state index in [0.29, 0.717) is 0 Å². The van der Waals surface area contributed by atoms with Crippen molar-refractivity contribution < 1.29 is 4.79 Å². The first-order chi connectivity index (χ1) is 6.93. The molecule has 0 rings (SSSR count). The highest BCUT2D eigenvalue weighted by Crippen LogP contribution is 2.21. The molecule has 4 nitrogen and oxygen atoms in total. The van der Waals surface area contributed by atoms with Crippen LogP contribution in [0.3, 0.4) is 0 Å². The topological polar surface area (TPSA) is 67.2 Å². The van der Waals surface area contributed by atoms with Crippen LogP contribution in [0.25, 0.3) is 0 Å². The van der Waals surface area contributed by atoms with E-state index in [4.69, 9.17) is 5.73 Å². The van der Waals surface area contributed by atoms with Crippen LogP contribution < -0.4 is 16.4 Å². The van der Waals surface area contributed by atoms with Crippen molar-refractivity contribution in [3.63, 3.8) is 0 Å². The van der Waals surface area contributed by atoms with Crippen LogP contribution in [0.1, 0.15) is 41.5 Å². The number of rotatable bonds is 2. The highest BCUT2D eigenvalue weighted by molar-refractivity contribution is 7.80. The zero-order valence-electron chi connectivity index (χ0n) is 11.0. The molecule has 0 aromatic carbocycles. The Morgan fingerprint density at radius 3 is 1.88 bits per heavy atom. The van der Waals surface area contributed by atoms with Crippen molar-refractivity contribution >= 4 is 23.2 Å². The molecule has 1 atom stereocenters. The predicted octanol–water partition coefficient (Wildman–Crippen LogP) is 1.15. The summed E-state index contributed by atoms with van der Waals surface area (Å²) in [5, 5.41) is 5.76. The van der Waals surface area contributed by atoms with E-state index in [2.05, 4.69) is 22.9 Å². The Morgan fingerprint density at radius 1 is 1.19 bits per heavy atom. The number of carbonyl (C=O) groups excluding carboxylic acids is 1. The average molecular weight is 245 g/mol. The number of carbonyl (C=O) groups is 1. The predicted molar refractivity (Wildman–Crippen MR) is 71.1 cm³/mol. The molecule has 0 aromatic heterocycles. The molecule has 94 valence electrons. The second-order valence-corrected chi connectivity index (χ2v) is 6.49. The van der Waals surface area contributed by atoms with Crippen LogP contribution in [0.5, 0.6) is 0 Å². The minimum atomic E-state index is -0.339. The molecular formula is C11H23N3OS. The van der Waals surface area contributed by atoms with E-state index in [1.807, 2.05) is 41.5 Å². The fraction of sp³-hybridized carbons (Fsp3) is 0.818. The van der Waals surface area contributed by atoms with Crippen LogP contribution in [-0.2, 0) is 4.79 Å². The first-order valence-electron chi connectivity index (χ1n) is 5.31. The fourth-order valence-corrected chi connectivity index (χ4v) is 1.40. The molecule has 0 aliphatic carbocycles. The standard InChI is InChI=1S/C11H23N3OS/c1-10(2,3)7(14-11(4,5)6)8(15)13-9(12)16/h7,14H,1-6H3,(H3,12,13,15,16). The zero-order chi connectivity index (χ0) is 13.1. The number of thiocarbonyl (C=S) groups is 1. The lowest BCUT2D eigenvalue weighted by atomic mass is 9.84. The van der Waals surface area contributed by atoms with Gasteiger partial charge < -0.3 is 16.4 Å². The highest BCUT2D eigenvalue weighted by atomic mass is 32.1. The molecule has 0 saturated heterocycles. The molecule has 0 fully saturated rings. The molecule has 5 heteroatoms. The van der Waals surface area contributed by atoms with Gasteiger partial charge >= 0.3 is 0 Å². The van der Waals surface area contributed by atoms with Crippen molar-refractivity contribution in [2.24, 2.45) is 11.1 Å². The maximum atomic E-state index is 11.9. The summed E-state index contributed by atoms with van der Waals surface area (Å²) in [5.74, 6) is -0.185. The minimum absolute atomic E-state index is 0.00922. The van der Waals surface area contributed by atoms with E-state index >= 15 is 0 Å². The lowest BCUT2D eigenvalue weighted by molar-refractivity contribution is -0.124. The van der Waals surface area contributed by atoms with Crippen molar-refractivity contribution in [3.8, 4) is 0 Å². The van der Waals surface area contributed by atoms with Gasteiger partial charge in [0.1, 0.15) is 0 Å². The quantitative estimate of drug-likeness (QED) is 0.638. The second-order valence-electron chi connectivity index (χ2n) is 6.05. The Morgan fingerprint density at radius 2 is 1.62 bits per heavy atom. The van der Waals surface area contributed by atoms with Crippen molar-refractivity contribution in [2.45, 2.75) is 53.1 Å². The molecule has 0 bridgehead atoms. The Hall–Kier alpha value is -0.680. The highest BCUT2D eigenvalue weighted by Gasteiger charge is 2.34. The maximum absolute atomic E-state index is 11.9. The van der Waals surface area contributed by atoms with Crippen LogP contribution in [0.4, 0.5) is 0 Å². The molecule has 1 unspecified atom stereocenters. The largest absolute Gasteiger partial charge is 0.376 e. The molecule has 0 spiro atoms. The van der Waals surface area contributed by atoms with Gasteiger partial charge in [-0.1, -0.05) is 20.8 Å². The van der Waals surface area contributed by atoms with Gasteiger partial charge in [0.15, 0.2) is 5.11 Å². The van der Waals surface area contributed by atoms with E-state index in [1.54, 1.807) is 0 Å². The fourth-order valence-electron chi connectivity index (χ4n) is 1.30. The molecule has 0 heterocycles. The smallest absolute Gasteiger partial charge is 0.243 e. The van der Waals surface area contributed by atoms with Crippen LogP contribution in [-0.4, -0.2) is 22.6 Å². The van der Waals surface area contributed by atoms with Gasteiger partial charge in [0.05, 0.1) is 6.04 Å². The molecule has 0 aliphatic rings. The monoisotopic (exact) mass is 245 g/mol. The van der Waals surface area contributed by atoms with Crippen LogP contribution in [0.2, 0.25) is 0 Å². The number of hydrogen-bond donors (Lipinski definition) is 3. The van der Waals surface area contributed by atoms with Crippen LogP contribution in [0.15, 0.2) is 0 Å². The Kier molecular flexibility index (Phi) is 4.88. The van der Waals surface area contributed by atoms with Crippen molar-refractivity contribution in [1.82, 2.24) is 10.6 Å². The van der Waals surface area contributed by atoms with Crippen LogP contribution in [0, 0.1) is 5.41 Å². The normalized spacial score (nSPS) is 14.4. The van der Waals surface area contributed by atoms with E-state index < -0.39 is 0 Å². The van der Waals surface area contributed by atoms with Crippen molar-refractivity contribution in [1.29, 1.82) is 0 Å². The summed E-state index contributed by atoms with van der Waals surface area (Å²) in [5.41, 5.74) is 4.96. The Bertz CT molecular complexity index is 276. The molecule has 0 aromatic rings. The third kappa shape index (κ3) is 6.02. The Labute approximate surface area is 103 Å². The third-order valence-electron chi connectivity index (χ3n) is 1.95. The summed E-state index contributed by atoms with van der Waals surface area (Å²) in [6.45, 7) is 12.0. The van der Waals surface area contributed by atoms with Crippen molar-refractivity contribution in [3.05, 3.63) is 0 Å². The maximum Gasteiger partial charge on any atom is 0.243 e. The van der Waals surface area contributed by atoms with E-state index in [-0.39, 0.29) is 28.0 Å². The van der Waals surface area contributed by atoms with E-state index in [9.17, 15) is 4.79 Å². The van der Waals surface area contributed by atoms with Gasteiger partial charge in [0.2, 0.25) is 5.91 Å². The summed E-state index contributed by atoms with van der Waals surface area (Å²) in [6, 6.07) is -0.339. The molecule has 0 saturated carbocycles. The van der Waals surface area contributed by atoms with E-state index in [0.717, 1.165) is 0 Å². The van der Waals surface area contributed by atoms with Gasteiger partial charge in [-0.3, -0.25) is 4.79 Å². The van der Waals surface area contributed by atoms with Gasteiger partial charge in [-0.05, 0) is 38.4 Å². The third-order valence-corrected chi connectivity index (χ3v) is 2.05. The first kappa shape index (κ1) is 15.3. The lowest BCUT2D eigenvalue weighted by Crippen LogP contribution is -2.58. The second kappa shape index (κ2) is 5.10. The summed E-state index contributed by atoms with van der Waals surface area (Å²) in [4.78, 5) is 11.9. The summed E-state index contributed by atoms with van der Waals surface area (Å²) < 4.78 is 0. The van der Waals surface area contributed by atoms with Gasteiger partial charge in [-0.15, -0.1) is 0 Å².